The second-order valence-corrected chi connectivity index (χ2v) is 3.85. The van der Waals surface area contributed by atoms with Gasteiger partial charge in [0, 0.05) is 7.05 Å². The smallest absolute Gasteiger partial charge is 0.343 e. The van der Waals surface area contributed by atoms with Crippen molar-refractivity contribution in [3.63, 3.8) is 0 Å². The molecule has 0 aliphatic rings. The van der Waals surface area contributed by atoms with Crippen LogP contribution in [0.4, 0.5) is 0 Å². The van der Waals surface area contributed by atoms with Gasteiger partial charge in [-0.1, -0.05) is 11.6 Å². The molecule has 0 unspecified atom stereocenters. The van der Waals surface area contributed by atoms with Crippen molar-refractivity contribution in [2.45, 2.75) is 0 Å². The molecule has 0 aliphatic carbocycles. The van der Waals surface area contributed by atoms with E-state index in [1.807, 2.05) is 0 Å². The van der Waals surface area contributed by atoms with E-state index in [9.17, 15) is 9.59 Å². The lowest BCUT2D eigenvalue weighted by molar-refractivity contribution is 0.0598. The van der Waals surface area contributed by atoms with Crippen molar-refractivity contribution in [1.29, 1.82) is 0 Å². The molecular formula is C10H9ClN4O3. The summed E-state index contributed by atoms with van der Waals surface area (Å²) in [5.41, 5.74) is -0.379. The maximum absolute atomic E-state index is 12.0. The summed E-state index contributed by atoms with van der Waals surface area (Å²) in [6.45, 7) is 0. The zero-order valence-corrected chi connectivity index (χ0v) is 10.4. The third-order valence-electron chi connectivity index (χ3n) is 2.22. The molecule has 8 heteroatoms. The summed E-state index contributed by atoms with van der Waals surface area (Å²) in [6, 6.07) is 1.17. The van der Waals surface area contributed by atoms with Crippen LogP contribution >= 0.6 is 11.6 Å². The quantitative estimate of drug-likeness (QED) is 0.737. The summed E-state index contributed by atoms with van der Waals surface area (Å²) in [5, 5.41) is 7.77. The van der Waals surface area contributed by atoms with Gasteiger partial charge in [0.15, 0.2) is 5.15 Å². The summed E-state index contributed by atoms with van der Waals surface area (Å²) < 4.78 is 7.01. The molecule has 0 fully saturated rings. The molecule has 94 valence electrons. The fraction of sp³-hybridized carbons (Fsp3) is 0.200. The molecule has 0 radical (unpaired) electrons. The maximum Gasteiger partial charge on any atom is 0.343 e. The average molecular weight is 269 g/mol. The SMILES string of the molecule is COC(=O)c1cc(Cl)nn(-c2cnn(C)c2)c1=O. The Balaban J connectivity index is 2.66. The molecule has 0 saturated heterocycles. The Labute approximate surface area is 107 Å². The van der Waals surface area contributed by atoms with E-state index in [1.165, 1.54) is 24.1 Å². The van der Waals surface area contributed by atoms with Gasteiger partial charge in [-0.3, -0.25) is 9.48 Å². The van der Waals surface area contributed by atoms with Gasteiger partial charge in [-0.2, -0.15) is 14.9 Å². The van der Waals surface area contributed by atoms with Crippen molar-refractivity contribution in [2.75, 3.05) is 7.11 Å². The second-order valence-electron chi connectivity index (χ2n) is 3.46. The van der Waals surface area contributed by atoms with Gasteiger partial charge in [-0.15, -0.1) is 0 Å². The number of hydrogen-bond acceptors (Lipinski definition) is 5. The first-order chi connectivity index (χ1) is 8.52. The molecule has 0 atom stereocenters. The van der Waals surface area contributed by atoms with Gasteiger partial charge in [0.2, 0.25) is 0 Å². The molecule has 0 aliphatic heterocycles. The number of nitrogens with zero attached hydrogens (tertiary/aromatic N) is 4. The number of rotatable bonds is 2. The summed E-state index contributed by atoms with van der Waals surface area (Å²) in [7, 11) is 2.88. The van der Waals surface area contributed by atoms with E-state index in [4.69, 9.17) is 11.6 Å². The minimum absolute atomic E-state index is 0.0128. The predicted octanol–water partition coefficient (Wildman–Crippen LogP) is 0.406. The van der Waals surface area contributed by atoms with Gasteiger partial charge in [0.05, 0.1) is 19.5 Å². The largest absolute Gasteiger partial charge is 0.465 e. The minimum Gasteiger partial charge on any atom is -0.465 e. The zero-order chi connectivity index (χ0) is 13.3. The van der Waals surface area contributed by atoms with Crippen LogP contribution in [0.1, 0.15) is 10.4 Å². The molecule has 2 rings (SSSR count). The Morgan fingerprint density at radius 2 is 2.22 bits per heavy atom. The van der Waals surface area contributed by atoms with Crippen LogP contribution in [0.15, 0.2) is 23.3 Å². The van der Waals surface area contributed by atoms with Gasteiger partial charge in [-0.05, 0) is 6.07 Å². The van der Waals surface area contributed by atoms with Crippen molar-refractivity contribution < 1.29 is 9.53 Å². The lowest BCUT2D eigenvalue weighted by Crippen LogP contribution is -2.27. The zero-order valence-electron chi connectivity index (χ0n) is 9.62. The van der Waals surface area contributed by atoms with Crippen LogP contribution in [0.2, 0.25) is 5.15 Å². The number of halogens is 1. The topological polar surface area (TPSA) is 79.0 Å². The Hall–Kier alpha value is -2.15. The highest BCUT2D eigenvalue weighted by atomic mass is 35.5. The van der Waals surface area contributed by atoms with E-state index in [0.717, 1.165) is 4.68 Å². The van der Waals surface area contributed by atoms with Crippen molar-refractivity contribution in [1.82, 2.24) is 19.6 Å². The van der Waals surface area contributed by atoms with Gasteiger partial charge in [0.25, 0.3) is 5.56 Å². The molecule has 0 N–H and O–H groups in total. The fourth-order valence-electron chi connectivity index (χ4n) is 1.41. The Morgan fingerprint density at radius 3 is 2.78 bits per heavy atom. The van der Waals surface area contributed by atoms with E-state index in [2.05, 4.69) is 14.9 Å². The van der Waals surface area contributed by atoms with Crippen LogP contribution in [0.5, 0.6) is 0 Å². The lowest BCUT2D eigenvalue weighted by Gasteiger charge is -2.04. The summed E-state index contributed by atoms with van der Waals surface area (Å²) >= 11 is 5.77. The first kappa shape index (κ1) is 12.3. The van der Waals surface area contributed by atoms with Crippen LogP contribution in [0.3, 0.4) is 0 Å². The molecule has 2 heterocycles. The molecule has 7 nitrogen and oxygen atoms in total. The Morgan fingerprint density at radius 1 is 1.50 bits per heavy atom. The van der Waals surface area contributed by atoms with Crippen LogP contribution in [0.25, 0.3) is 5.69 Å². The highest BCUT2D eigenvalue weighted by molar-refractivity contribution is 6.29. The van der Waals surface area contributed by atoms with Gasteiger partial charge in [-0.25, -0.2) is 4.79 Å². The third-order valence-corrected chi connectivity index (χ3v) is 2.41. The number of methoxy groups -OCH3 is 1. The molecule has 0 spiro atoms. The van der Waals surface area contributed by atoms with Crippen molar-refractivity contribution in [3.8, 4) is 5.69 Å². The minimum atomic E-state index is -0.762. The van der Waals surface area contributed by atoms with Gasteiger partial charge in [0.1, 0.15) is 11.3 Å². The van der Waals surface area contributed by atoms with E-state index < -0.39 is 11.5 Å². The van der Waals surface area contributed by atoms with E-state index >= 15 is 0 Å². The number of aromatic nitrogens is 4. The average Bonchev–Trinajstić information content (AvgIpc) is 2.77. The molecule has 0 bridgehead atoms. The van der Waals surface area contributed by atoms with Crippen LogP contribution in [0, 0.1) is 0 Å². The monoisotopic (exact) mass is 268 g/mol. The van der Waals surface area contributed by atoms with Crippen LogP contribution in [-0.4, -0.2) is 32.6 Å². The van der Waals surface area contributed by atoms with Crippen molar-refractivity contribution in [2.24, 2.45) is 7.05 Å². The summed E-state index contributed by atoms with van der Waals surface area (Å²) in [6.07, 6.45) is 3.01. The van der Waals surface area contributed by atoms with Crippen LogP contribution in [-0.2, 0) is 11.8 Å². The molecule has 0 amide bonds. The number of carbonyl (C=O) groups is 1. The van der Waals surface area contributed by atoms with Crippen LogP contribution < -0.4 is 5.56 Å². The van der Waals surface area contributed by atoms with E-state index in [0.29, 0.717) is 5.69 Å². The Kier molecular flexibility index (Phi) is 3.15. The highest BCUT2D eigenvalue weighted by Gasteiger charge is 2.16. The fourth-order valence-corrected chi connectivity index (χ4v) is 1.60. The number of ether oxygens (including phenoxy) is 1. The number of carbonyl (C=O) groups excluding carboxylic acids is 1. The molecule has 0 saturated carbocycles. The number of hydrogen-bond donors (Lipinski definition) is 0. The molecule has 0 aromatic carbocycles. The third kappa shape index (κ3) is 2.12. The Bertz CT molecular complexity index is 661. The highest BCUT2D eigenvalue weighted by Crippen LogP contribution is 2.08. The standard InChI is InChI=1S/C10H9ClN4O3/c1-14-5-6(4-12-14)15-9(16)7(10(17)18-2)3-8(11)13-15/h3-5H,1-2H3. The van der Waals surface area contributed by atoms with Gasteiger partial charge >= 0.3 is 5.97 Å². The second kappa shape index (κ2) is 4.61. The molecule has 2 aromatic heterocycles. The van der Waals surface area contributed by atoms with Crippen molar-refractivity contribution in [3.05, 3.63) is 39.5 Å². The first-order valence-electron chi connectivity index (χ1n) is 4.90. The number of aryl methyl sites for hydroxylation is 1. The first-order valence-corrected chi connectivity index (χ1v) is 5.28. The summed E-state index contributed by atoms with van der Waals surface area (Å²) in [4.78, 5) is 23.5. The molecule has 2 aromatic rings. The predicted molar refractivity (Wildman–Crippen MR) is 62.9 cm³/mol. The van der Waals surface area contributed by atoms with E-state index in [1.54, 1.807) is 13.2 Å². The van der Waals surface area contributed by atoms with Gasteiger partial charge < -0.3 is 4.74 Å². The maximum atomic E-state index is 12.0. The summed E-state index contributed by atoms with van der Waals surface area (Å²) in [5.74, 6) is -0.762. The molecular weight excluding hydrogens is 260 g/mol. The van der Waals surface area contributed by atoms with Crippen molar-refractivity contribution >= 4 is 17.6 Å². The molecule has 18 heavy (non-hydrogen) atoms. The number of esters is 1. The lowest BCUT2D eigenvalue weighted by atomic mass is 10.3. The normalized spacial score (nSPS) is 10.4. The van der Waals surface area contributed by atoms with E-state index in [-0.39, 0.29) is 10.7 Å².